The highest BCUT2D eigenvalue weighted by Gasteiger charge is 2.23. The summed E-state index contributed by atoms with van der Waals surface area (Å²) in [5.74, 6) is 1.06. The van der Waals surface area contributed by atoms with Gasteiger partial charge in [0.25, 0.3) is 0 Å². The highest BCUT2D eigenvalue weighted by Crippen LogP contribution is 2.37. The van der Waals surface area contributed by atoms with Crippen LogP contribution in [0.1, 0.15) is 25.0 Å². The maximum absolute atomic E-state index is 9.78. The molecule has 0 radical (unpaired) electrons. The molecule has 0 unspecified atom stereocenters. The zero-order chi connectivity index (χ0) is 10.3. The molecule has 1 aliphatic rings. The van der Waals surface area contributed by atoms with Crippen LogP contribution in [0.3, 0.4) is 0 Å². The molecule has 0 atom stereocenters. The molecule has 1 heterocycles. The Morgan fingerprint density at radius 3 is 2.71 bits per heavy atom. The molecule has 1 aromatic rings. The Labute approximate surface area is 83.8 Å². The fraction of sp³-hybridized carbons (Fsp3) is 0.333. The average Bonchev–Trinajstić information content (AvgIpc) is 2.10. The van der Waals surface area contributed by atoms with Crippen LogP contribution in [0.2, 0.25) is 0 Å². The van der Waals surface area contributed by atoms with E-state index in [0.717, 1.165) is 16.9 Å². The summed E-state index contributed by atoms with van der Waals surface area (Å²) in [4.78, 5) is 0. The van der Waals surface area contributed by atoms with E-state index < -0.39 is 0 Å². The Kier molecular flexibility index (Phi) is 1.81. The van der Waals surface area contributed by atoms with Crippen molar-refractivity contribution in [3.63, 3.8) is 0 Å². The lowest BCUT2D eigenvalue weighted by Crippen LogP contribution is -2.27. The van der Waals surface area contributed by atoms with Gasteiger partial charge in [-0.3, -0.25) is 0 Å². The second-order valence-corrected chi connectivity index (χ2v) is 4.18. The summed E-state index contributed by atoms with van der Waals surface area (Å²) in [6, 6.07) is 3.76. The van der Waals surface area contributed by atoms with E-state index in [-0.39, 0.29) is 5.60 Å². The summed E-state index contributed by atoms with van der Waals surface area (Å²) >= 11 is 0. The number of benzene rings is 1. The van der Waals surface area contributed by atoms with Crippen LogP contribution in [-0.2, 0) is 0 Å². The van der Waals surface area contributed by atoms with Gasteiger partial charge in [0.05, 0.1) is 5.56 Å². The molecule has 0 aromatic heterocycles. The minimum Gasteiger partial charge on any atom is -0.507 e. The van der Waals surface area contributed by atoms with E-state index in [9.17, 15) is 5.11 Å². The van der Waals surface area contributed by atoms with Gasteiger partial charge in [0.2, 0.25) is 0 Å². The van der Waals surface area contributed by atoms with Crippen LogP contribution < -0.4 is 4.74 Å². The first-order valence-corrected chi connectivity index (χ1v) is 4.70. The average molecular weight is 190 g/mol. The fourth-order valence-electron chi connectivity index (χ4n) is 1.55. The molecule has 1 aliphatic heterocycles. The number of aryl methyl sites for hydroxylation is 1. The van der Waals surface area contributed by atoms with Crippen molar-refractivity contribution in [2.45, 2.75) is 26.4 Å². The summed E-state index contributed by atoms with van der Waals surface area (Å²) < 4.78 is 5.71. The minimum absolute atomic E-state index is 0.283. The third-order valence-corrected chi connectivity index (χ3v) is 2.40. The number of hydrogen-bond acceptors (Lipinski definition) is 2. The highest BCUT2D eigenvalue weighted by molar-refractivity contribution is 5.68. The van der Waals surface area contributed by atoms with E-state index in [2.05, 4.69) is 0 Å². The third-order valence-electron chi connectivity index (χ3n) is 2.40. The molecule has 0 saturated carbocycles. The number of phenolic OH excluding ortho intramolecular Hbond substituents is 1. The van der Waals surface area contributed by atoms with Gasteiger partial charge in [-0.15, -0.1) is 0 Å². The van der Waals surface area contributed by atoms with Crippen molar-refractivity contribution in [3.05, 3.63) is 29.3 Å². The van der Waals surface area contributed by atoms with Crippen LogP contribution in [0.25, 0.3) is 6.08 Å². The first-order chi connectivity index (χ1) is 6.49. The van der Waals surface area contributed by atoms with Gasteiger partial charge in [-0.1, -0.05) is 6.07 Å². The zero-order valence-corrected chi connectivity index (χ0v) is 8.66. The maximum Gasteiger partial charge on any atom is 0.131 e. The zero-order valence-electron chi connectivity index (χ0n) is 8.66. The number of phenols is 1. The Balaban J connectivity index is 2.56. The molecule has 0 bridgehead atoms. The molecule has 2 rings (SSSR count). The van der Waals surface area contributed by atoms with E-state index in [1.165, 1.54) is 0 Å². The van der Waals surface area contributed by atoms with Crippen molar-refractivity contribution in [2.24, 2.45) is 0 Å². The van der Waals surface area contributed by atoms with Crippen LogP contribution in [0.15, 0.2) is 18.2 Å². The number of aromatic hydroxyl groups is 1. The number of rotatable bonds is 0. The van der Waals surface area contributed by atoms with Gasteiger partial charge < -0.3 is 9.84 Å². The molecule has 0 saturated heterocycles. The topological polar surface area (TPSA) is 29.5 Å². The highest BCUT2D eigenvalue weighted by atomic mass is 16.5. The second kappa shape index (κ2) is 2.77. The van der Waals surface area contributed by atoms with Crippen LogP contribution in [0, 0.1) is 6.92 Å². The van der Waals surface area contributed by atoms with Gasteiger partial charge in [0.1, 0.15) is 17.1 Å². The van der Waals surface area contributed by atoms with Gasteiger partial charge in [0, 0.05) is 0 Å². The summed E-state index contributed by atoms with van der Waals surface area (Å²) in [5, 5.41) is 9.78. The fourth-order valence-corrected chi connectivity index (χ4v) is 1.55. The molecule has 74 valence electrons. The largest absolute Gasteiger partial charge is 0.507 e. The molecule has 2 nitrogen and oxygen atoms in total. The van der Waals surface area contributed by atoms with E-state index >= 15 is 0 Å². The summed E-state index contributed by atoms with van der Waals surface area (Å²) in [7, 11) is 0. The molecule has 0 amide bonds. The van der Waals surface area contributed by atoms with Crippen LogP contribution in [-0.4, -0.2) is 10.7 Å². The molecule has 14 heavy (non-hydrogen) atoms. The van der Waals surface area contributed by atoms with Gasteiger partial charge in [-0.2, -0.15) is 0 Å². The van der Waals surface area contributed by atoms with Crippen LogP contribution in [0.5, 0.6) is 11.5 Å². The summed E-state index contributed by atoms with van der Waals surface area (Å²) in [6.45, 7) is 5.86. The molecule has 0 fully saturated rings. The van der Waals surface area contributed by atoms with Gasteiger partial charge >= 0.3 is 0 Å². The minimum atomic E-state index is -0.283. The molecule has 0 spiro atoms. The molecule has 1 aromatic carbocycles. The second-order valence-electron chi connectivity index (χ2n) is 4.18. The van der Waals surface area contributed by atoms with Crippen LogP contribution in [0.4, 0.5) is 0 Å². The van der Waals surface area contributed by atoms with Gasteiger partial charge in [-0.25, -0.2) is 0 Å². The monoisotopic (exact) mass is 190 g/mol. The van der Waals surface area contributed by atoms with Crippen molar-refractivity contribution < 1.29 is 9.84 Å². The van der Waals surface area contributed by atoms with Crippen molar-refractivity contribution in [1.29, 1.82) is 0 Å². The quantitative estimate of drug-likeness (QED) is 0.681. The smallest absolute Gasteiger partial charge is 0.131 e. The van der Waals surface area contributed by atoms with E-state index in [1.54, 1.807) is 0 Å². The Bertz CT molecular complexity index is 403. The normalized spacial score (nSPS) is 17.4. The Morgan fingerprint density at radius 2 is 2.00 bits per heavy atom. The first kappa shape index (κ1) is 9.13. The van der Waals surface area contributed by atoms with Crippen molar-refractivity contribution >= 4 is 6.08 Å². The Hall–Kier alpha value is -1.44. The van der Waals surface area contributed by atoms with Crippen molar-refractivity contribution in [1.82, 2.24) is 0 Å². The van der Waals surface area contributed by atoms with Crippen molar-refractivity contribution in [2.75, 3.05) is 0 Å². The van der Waals surface area contributed by atoms with Crippen molar-refractivity contribution in [3.8, 4) is 11.5 Å². The predicted octanol–water partition coefficient (Wildman–Crippen LogP) is 2.88. The maximum atomic E-state index is 9.78. The number of ether oxygens (including phenoxy) is 1. The number of fused-ring (bicyclic) bond motifs is 1. The van der Waals surface area contributed by atoms with E-state index in [1.807, 2.05) is 45.1 Å². The van der Waals surface area contributed by atoms with E-state index in [4.69, 9.17) is 4.74 Å². The molecule has 2 heteroatoms. The first-order valence-electron chi connectivity index (χ1n) is 4.70. The van der Waals surface area contributed by atoms with Gasteiger partial charge in [-0.05, 0) is 44.6 Å². The molecule has 1 N–H and O–H groups in total. The predicted molar refractivity (Wildman–Crippen MR) is 56.6 cm³/mol. The van der Waals surface area contributed by atoms with E-state index in [0.29, 0.717) is 5.75 Å². The lowest BCUT2D eigenvalue weighted by atomic mass is 10.00. The van der Waals surface area contributed by atoms with Gasteiger partial charge in [0.15, 0.2) is 0 Å². The number of hydrogen-bond donors (Lipinski definition) is 1. The lowest BCUT2D eigenvalue weighted by Gasteiger charge is -2.28. The molecule has 0 aliphatic carbocycles. The summed E-state index contributed by atoms with van der Waals surface area (Å²) in [5.41, 5.74) is 1.37. The Morgan fingerprint density at radius 1 is 1.29 bits per heavy atom. The summed E-state index contributed by atoms with van der Waals surface area (Å²) in [6.07, 6.45) is 3.87. The standard InChI is InChI=1S/C12H14O2/c1-8-4-5-10-9(11(8)13)6-7-12(2,3)14-10/h4-7,13H,1-3H3. The SMILES string of the molecule is Cc1ccc2c(c1O)C=CC(C)(C)O2. The molecular formula is C12H14O2. The van der Waals surface area contributed by atoms with Crippen LogP contribution >= 0.6 is 0 Å². The molecular weight excluding hydrogens is 176 g/mol. The third kappa shape index (κ3) is 1.37. The lowest BCUT2D eigenvalue weighted by molar-refractivity contribution is 0.158.